The van der Waals surface area contributed by atoms with E-state index in [0.29, 0.717) is 0 Å². The fourth-order valence-electron chi connectivity index (χ4n) is 2.46. The van der Waals surface area contributed by atoms with E-state index in [1.165, 1.54) is 0 Å². The lowest BCUT2D eigenvalue weighted by molar-refractivity contribution is 0.0593. The van der Waals surface area contributed by atoms with Crippen LogP contribution in [-0.4, -0.2) is 31.5 Å². The molecule has 19 heavy (non-hydrogen) atoms. The first kappa shape index (κ1) is 14.2. The summed E-state index contributed by atoms with van der Waals surface area (Å²) in [6, 6.07) is 6.03. The SMILES string of the molecule is CNC(C)c1ccc(OC)cc1OC1CCCC1O. The molecule has 1 saturated carbocycles. The van der Waals surface area contributed by atoms with Crippen molar-refractivity contribution in [2.75, 3.05) is 14.2 Å². The Kier molecular flexibility index (Phi) is 4.66. The average Bonchev–Trinajstić information content (AvgIpc) is 2.83. The molecule has 0 radical (unpaired) electrons. The number of hydrogen-bond acceptors (Lipinski definition) is 4. The van der Waals surface area contributed by atoms with Gasteiger partial charge in [-0.15, -0.1) is 0 Å². The van der Waals surface area contributed by atoms with Gasteiger partial charge in [0.1, 0.15) is 17.6 Å². The lowest BCUT2D eigenvalue weighted by Crippen LogP contribution is -2.26. The average molecular weight is 265 g/mol. The number of methoxy groups -OCH3 is 1. The van der Waals surface area contributed by atoms with Gasteiger partial charge in [-0.2, -0.15) is 0 Å². The van der Waals surface area contributed by atoms with E-state index in [-0.39, 0.29) is 18.2 Å². The Morgan fingerprint density at radius 3 is 2.74 bits per heavy atom. The number of hydrogen-bond donors (Lipinski definition) is 2. The molecule has 1 aromatic rings. The quantitative estimate of drug-likeness (QED) is 0.857. The van der Waals surface area contributed by atoms with E-state index in [2.05, 4.69) is 12.2 Å². The van der Waals surface area contributed by atoms with Gasteiger partial charge < -0.3 is 19.9 Å². The minimum absolute atomic E-state index is 0.102. The molecule has 0 spiro atoms. The normalized spacial score (nSPS) is 24.2. The molecule has 1 aliphatic rings. The molecule has 3 unspecified atom stereocenters. The maximum absolute atomic E-state index is 9.89. The number of aliphatic hydroxyl groups excluding tert-OH is 1. The summed E-state index contributed by atoms with van der Waals surface area (Å²) in [5.41, 5.74) is 1.09. The van der Waals surface area contributed by atoms with Gasteiger partial charge in [-0.1, -0.05) is 6.07 Å². The molecule has 0 aromatic heterocycles. The van der Waals surface area contributed by atoms with Crippen LogP contribution in [0.25, 0.3) is 0 Å². The van der Waals surface area contributed by atoms with Crippen LogP contribution < -0.4 is 14.8 Å². The van der Waals surface area contributed by atoms with Crippen LogP contribution in [0.1, 0.15) is 37.8 Å². The molecule has 106 valence electrons. The molecule has 2 N–H and O–H groups in total. The smallest absolute Gasteiger partial charge is 0.128 e. The minimum atomic E-state index is -0.357. The third-order valence-electron chi connectivity index (χ3n) is 3.82. The van der Waals surface area contributed by atoms with Crippen molar-refractivity contribution in [1.29, 1.82) is 0 Å². The second kappa shape index (κ2) is 6.26. The standard InChI is InChI=1S/C15H23NO3/c1-10(16-2)12-8-7-11(18-3)9-15(12)19-14-6-4-5-13(14)17/h7-10,13-14,16-17H,4-6H2,1-3H3. The van der Waals surface area contributed by atoms with Crippen molar-refractivity contribution in [3.63, 3.8) is 0 Å². The molecule has 0 saturated heterocycles. The Hall–Kier alpha value is -1.26. The van der Waals surface area contributed by atoms with E-state index < -0.39 is 0 Å². The summed E-state index contributed by atoms with van der Waals surface area (Å²) in [4.78, 5) is 0. The van der Waals surface area contributed by atoms with Crippen LogP contribution in [0.15, 0.2) is 18.2 Å². The van der Waals surface area contributed by atoms with Crippen molar-refractivity contribution in [2.45, 2.75) is 44.4 Å². The van der Waals surface area contributed by atoms with Gasteiger partial charge in [-0.25, -0.2) is 0 Å². The van der Waals surface area contributed by atoms with Crippen LogP contribution in [0, 0.1) is 0 Å². The maximum Gasteiger partial charge on any atom is 0.128 e. The third-order valence-corrected chi connectivity index (χ3v) is 3.82. The van der Waals surface area contributed by atoms with Gasteiger partial charge in [0, 0.05) is 17.7 Å². The van der Waals surface area contributed by atoms with E-state index in [0.717, 1.165) is 36.3 Å². The zero-order valence-electron chi connectivity index (χ0n) is 11.8. The Morgan fingerprint density at radius 2 is 2.16 bits per heavy atom. The largest absolute Gasteiger partial charge is 0.497 e. The summed E-state index contributed by atoms with van der Waals surface area (Å²) in [6.07, 6.45) is 2.29. The second-order valence-corrected chi connectivity index (χ2v) is 5.07. The lowest BCUT2D eigenvalue weighted by atomic mass is 10.1. The van der Waals surface area contributed by atoms with Crippen LogP contribution in [0.3, 0.4) is 0 Å². The summed E-state index contributed by atoms with van der Waals surface area (Å²) in [5, 5.41) is 13.1. The van der Waals surface area contributed by atoms with E-state index in [4.69, 9.17) is 9.47 Å². The van der Waals surface area contributed by atoms with Gasteiger partial charge in [-0.05, 0) is 39.3 Å². The molecule has 2 rings (SSSR count). The highest BCUT2D eigenvalue weighted by atomic mass is 16.5. The molecular formula is C15H23NO3. The summed E-state index contributed by atoms with van der Waals surface area (Å²) in [7, 11) is 3.56. The Bertz CT molecular complexity index is 422. The number of nitrogens with one attached hydrogen (secondary N) is 1. The molecule has 1 aliphatic carbocycles. The Morgan fingerprint density at radius 1 is 1.37 bits per heavy atom. The molecule has 4 nitrogen and oxygen atoms in total. The third kappa shape index (κ3) is 3.19. The van der Waals surface area contributed by atoms with Gasteiger partial charge in [0.2, 0.25) is 0 Å². The zero-order chi connectivity index (χ0) is 13.8. The predicted octanol–water partition coefficient (Wildman–Crippen LogP) is 2.27. The zero-order valence-corrected chi connectivity index (χ0v) is 11.8. The molecule has 0 aliphatic heterocycles. The van der Waals surface area contributed by atoms with Crippen LogP contribution in [0.4, 0.5) is 0 Å². The molecule has 0 heterocycles. The maximum atomic E-state index is 9.89. The van der Waals surface area contributed by atoms with Crippen LogP contribution in [-0.2, 0) is 0 Å². The van der Waals surface area contributed by atoms with Crippen molar-refractivity contribution in [3.8, 4) is 11.5 Å². The molecule has 0 amide bonds. The minimum Gasteiger partial charge on any atom is -0.497 e. The monoisotopic (exact) mass is 265 g/mol. The van der Waals surface area contributed by atoms with Gasteiger partial charge >= 0.3 is 0 Å². The highest BCUT2D eigenvalue weighted by Crippen LogP contribution is 2.33. The summed E-state index contributed by atoms with van der Waals surface area (Å²) in [5.74, 6) is 1.57. The van der Waals surface area contributed by atoms with E-state index in [1.807, 2.05) is 25.2 Å². The second-order valence-electron chi connectivity index (χ2n) is 5.07. The predicted molar refractivity (Wildman–Crippen MR) is 74.7 cm³/mol. The van der Waals surface area contributed by atoms with Crippen molar-refractivity contribution in [2.24, 2.45) is 0 Å². The molecular weight excluding hydrogens is 242 g/mol. The van der Waals surface area contributed by atoms with Gasteiger partial charge in [0.25, 0.3) is 0 Å². The number of ether oxygens (including phenoxy) is 2. The fourth-order valence-corrected chi connectivity index (χ4v) is 2.46. The van der Waals surface area contributed by atoms with E-state index in [9.17, 15) is 5.11 Å². The molecule has 1 fully saturated rings. The molecule has 4 heteroatoms. The molecule has 1 aromatic carbocycles. The van der Waals surface area contributed by atoms with Gasteiger partial charge in [0.15, 0.2) is 0 Å². The fraction of sp³-hybridized carbons (Fsp3) is 0.600. The summed E-state index contributed by atoms with van der Waals surface area (Å²) >= 11 is 0. The first-order valence-corrected chi connectivity index (χ1v) is 6.85. The van der Waals surface area contributed by atoms with E-state index in [1.54, 1.807) is 7.11 Å². The number of benzene rings is 1. The van der Waals surface area contributed by atoms with Crippen molar-refractivity contribution < 1.29 is 14.6 Å². The topological polar surface area (TPSA) is 50.7 Å². The highest BCUT2D eigenvalue weighted by molar-refractivity contribution is 5.42. The number of aliphatic hydroxyl groups is 1. The van der Waals surface area contributed by atoms with Gasteiger partial charge in [0.05, 0.1) is 13.2 Å². The summed E-state index contributed by atoms with van der Waals surface area (Å²) in [6.45, 7) is 2.08. The molecule has 0 bridgehead atoms. The first-order chi connectivity index (χ1) is 9.15. The lowest BCUT2D eigenvalue weighted by Gasteiger charge is -2.22. The van der Waals surface area contributed by atoms with Crippen molar-refractivity contribution in [3.05, 3.63) is 23.8 Å². The van der Waals surface area contributed by atoms with Crippen molar-refractivity contribution >= 4 is 0 Å². The van der Waals surface area contributed by atoms with Crippen LogP contribution >= 0.6 is 0 Å². The number of rotatable bonds is 5. The van der Waals surface area contributed by atoms with Crippen LogP contribution in [0.2, 0.25) is 0 Å². The Labute approximate surface area is 114 Å². The van der Waals surface area contributed by atoms with Crippen LogP contribution in [0.5, 0.6) is 11.5 Å². The summed E-state index contributed by atoms with van der Waals surface area (Å²) < 4.78 is 11.3. The first-order valence-electron chi connectivity index (χ1n) is 6.85. The molecule has 3 atom stereocenters. The van der Waals surface area contributed by atoms with E-state index >= 15 is 0 Å². The highest BCUT2D eigenvalue weighted by Gasteiger charge is 2.28. The van der Waals surface area contributed by atoms with Gasteiger partial charge in [-0.3, -0.25) is 0 Å². The van der Waals surface area contributed by atoms with Crippen molar-refractivity contribution in [1.82, 2.24) is 5.32 Å². The Balaban J connectivity index is 2.24.